The molecule has 94 valence electrons. The number of hydrogen-bond acceptors (Lipinski definition) is 4. The van der Waals surface area contributed by atoms with E-state index in [1.54, 1.807) is 25.2 Å². The highest BCUT2D eigenvalue weighted by atomic mass is 16.2. The molecule has 5 heteroatoms. The first-order valence-electron chi connectivity index (χ1n) is 5.78. The zero-order valence-electron chi connectivity index (χ0n) is 10.6. The van der Waals surface area contributed by atoms with Crippen molar-refractivity contribution in [1.29, 1.82) is 0 Å². The van der Waals surface area contributed by atoms with Crippen LogP contribution in [0.15, 0.2) is 30.5 Å². The number of nitrogens with one attached hydrogen (secondary N) is 1. The Labute approximate surface area is 106 Å². The zero-order chi connectivity index (χ0) is 13.0. The third-order valence-corrected chi connectivity index (χ3v) is 2.58. The number of carbonyl (C=O) groups excluding carboxylic acids is 1. The molecule has 0 fully saturated rings. The molecular formula is C13H16N4O. The summed E-state index contributed by atoms with van der Waals surface area (Å²) in [5.74, 6) is 0.0451. The lowest BCUT2D eigenvalue weighted by atomic mass is 10.3. The maximum atomic E-state index is 11.4. The van der Waals surface area contributed by atoms with Gasteiger partial charge in [-0.2, -0.15) is 0 Å². The van der Waals surface area contributed by atoms with Gasteiger partial charge >= 0.3 is 0 Å². The maximum absolute atomic E-state index is 11.4. The standard InChI is InChI=1S/C13H16N4O/c1-17(2)13(18)9-14-7-10-8-15-11-5-3-4-6-12(11)16-10/h3-6,8,14H,7,9H2,1-2H3. The summed E-state index contributed by atoms with van der Waals surface area (Å²) in [6.45, 7) is 0.846. The Morgan fingerprint density at radius 2 is 2.00 bits per heavy atom. The van der Waals surface area contributed by atoms with Gasteiger partial charge in [-0.15, -0.1) is 0 Å². The van der Waals surface area contributed by atoms with Crippen molar-refractivity contribution in [1.82, 2.24) is 20.2 Å². The highest BCUT2D eigenvalue weighted by Gasteiger charge is 2.03. The van der Waals surface area contributed by atoms with Crippen molar-refractivity contribution in [2.75, 3.05) is 20.6 Å². The van der Waals surface area contributed by atoms with Gasteiger partial charge < -0.3 is 10.2 Å². The summed E-state index contributed by atoms with van der Waals surface area (Å²) in [6.07, 6.45) is 1.73. The molecule has 0 aliphatic rings. The van der Waals surface area contributed by atoms with Crippen LogP contribution in [0, 0.1) is 0 Å². The van der Waals surface area contributed by atoms with Gasteiger partial charge in [-0.25, -0.2) is 4.98 Å². The van der Waals surface area contributed by atoms with E-state index in [1.807, 2.05) is 24.3 Å². The Bertz CT molecular complexity index is 553. The van der Waals surface area contributed by atoms with E-state index in [9.17, 15) is 4.79 Å². The lowest BCUT2D eigenvalue weighted by Crippen LogP contribution is -2.32. The molecule has 0 aliphatic carbocycles. The van der Waals surface area contributed by atoms with E-state index in [4.69, 9.17) is 0 Å². The third kappa shape index (κ3) is 3.01. The Morgan fingerprint density at radius 3 is 2.72 bits per heavy atom. The largest absolute Gasteiger partial charge is 0.348 e. The summed E-state index contributed by atoms with van der Waals surface area (Å²) < 4.78 is 0. The monoisotopic (exact) mass is 244 g/mol. The van der Waals surface area contributed by atoms with Crippen molar-refractivity contribution in [3.63, 3.8) is 0 Å². The molecule has 0 aliphatic heterocycles. The van der Waals surface area contributed by atoms with Crippen molar-refractivity contribution < 1.29 is 4.79 Å². The minimum atomic E-state index is 0.0451. The molecule has 0 unspecified atom stereocenters. The van der Waals surface area contributed by atoms with Crippen LogP contribution in [0.1, 0.15) is 5.69 Å². The lowest BCUT2D eigenvalue weighted by Gasteiger charge is -2.10. The summed E-state index contributed by atoms with van der Waals surface area (Å²) in [7, 11) is 3.47. The summed E-state index contributed by atoms with van der Waals surface area (Å²) in [4.78, 5) is 21.7. The summed E-state index contributed by atoms with van der Waals surface area (Å²) in [6, 6.07) is 7.72. The Morgan fingerprint density at radius 1 is 1.28 bits per heavy atom. The van der Waals surface area contributed by atoms with Gasteiger partial charge in [0.1, 0.15) is 0 Å². The van der Waals surface area contributed by atoms with Crippen LogP contribution in [-0.4, -0.2) is 41.4 Å². The van der Waals surface area contributed by atoms with Crippen LogP contribution >= 0.6 is 0 Å². The summed E-state index contributed by atoms with van der Waals surface area (Å²) in [5, 5.41) is 3.05. The van der Waals surface area contributed by atoms with Crippen LogP contribution in [0.3, 0.4) is 0 Å². The van der Waals surface area contributed by atoms with E-state index in [0.29, 0.717) is 13.1 Å². The van der Waals surface area contributed by atoms with Gasteiger partial charge in [0.25, 0.3) is 0 Å². The average molecular weight is 244 g/mol. The van der Waals surface area contributed by atoms with Gasteiger partial charge in [0, 0.05) is 20.6 Å². The normalized spacial score (nSPS) is 10.6. The van der Waals surface area contributed by atoms with Crippen molar-refractivity contribution in [3.8, 4) is 0 Å². The van der Waals surface area contributed by atoms with E-state index >= 15 is 0 Å². The smallest absolute Gasteiger partial charge is 0.236 e. The van der Waals surface area contributed by atoms with Crippen LogP contribution in [0.5, 0.6) is 0 Å². The van der Waals surface area contributed by atoms with E-state index < -0.39 is 0 Å². The number of likely N-dealkylation sites (N-methyl/N-ethyl adjacent to an activating group) is 1. The molecule has 18 heavy (non-hydrogen) atoms. The molecule has 1 aromatic heterocycles. The van der Waals surface area contributed by atoms with E-state index in [0.717, 1.165) is 16.7 Å². The number of nitrogens with zero attached hydrogens (tertiary/aromatic N) is 3. The first kappa shape index (κ1) is 12.4. The molecule has 1 N–H and O–H groups in total. The number of aromatic nitrogens is 2. The second kappa shape index (κ2) is 5.55. The molecule has 1 aromatic carbocycles. The highest BCUT2D eigenvalue weighted by molar-refractivity contribution is 5.77. The molecule has 5 nitrogen and oxygen atoms in total. The fraction of sp³-hybridized carbons (Fsp3) is 0.308. The first-order valence-corrected chi connectivity index (χ1v) is 5.78. The molecule has 0 spiro atoms. The molecular weight excluding hydrogens is 228 g/mol. The van der Waals surface area contributed by atoms with Gasteiger partial charge in [-0.3, -0.25) is 9.78 Å². The Balaban J connectivity index is 1.98. The zero-order valence-corrected chi connectivity index (χ0v) is 10.6. The molecule has 1 amide bonds. The predicted octanol–water partition coefficient (Wildman–Crippen LogP) is 0.808. The lowest BCUT2D eigenvalue weighted by molar-refractivity contribution is -0.127. The number of carbonyl (C=O) groups is 1. The summed E-state index contributed by atoms with van der Waals surface area (Å²) in [5.41, 5.74) is 2.58. The van der Waals surface area contributed by atoms with Crippen LogP contribution < -0.4 is 5.32 Å². The van der Waals surface area contributed by atoms with Crippen molar-refractivity contribution >= 4 is 16.9 Å². The molecule has 2 rings (SSSR count). The van der Waals surface area contributed by atoms with Gasteiger partial charge in [0.15, 0.2) is 0 Å². The Hall–Kier alpha value is -2.01. The van der Waals surface area contributed by atoms with E-state index in [-0.39, 0.29) is 5.91 Å². The fourth-order valence-corrected chi connectivity index (χ4v) is 1.54. The number of fused-ring (bicyclic) bond motifs is 1. The SMILES string of the molecule is CN(C)C(=O)CNCc1cnc2ccccc2n1. The number of benzene rings is 1. The second-order valence-electron chi connectivity index (χ2n) is 4.24. The number of hydrogen-bond donors (Lipinski definition) is 1. The topological polar surface area (TPSA) is 58.1 Å². The third-order valence-electron chi connectivity index (χ3n) is 2.58. The number of para-hydroxylation sites is 2. The van der Waals surface area contributed by atoms with Gasteiger partial charge in [0.2, 0.25) is 5.91 Å². The van der Waals surface area contributed by atoms with Gasteiger partial charge in [0.05, 0.1) is 29.5 Å². The molecule has 0 saturated carbocycles. The van der Waals surface area contributed by atoms with Crippen molar-refractivity contribution in [2.45, 2.75) is 6.54 Å². The number of rotatable bonds is 4. The molecule has 1 heterocycles. The molecule has 0 saturated heterocycles. The van der Waals surface area contributed by atoms with Gasteiger partial charge in [-0.05, 0) is 12.1 Å². The quantitative estimate of drug-likeness (QED) is 0.864. The average Bonchev–Trinajstić information content (AvgIpc) is 2.38. The van der Waals surface area contributed by atoms with Gasteiger partial charge in [-0.1, -0.05) is 12.1 Å². The fourth-order valence-electron chi connectivity index (χ4n) is 1.54. The molecule has 2 aromatic rings. The summed E-state index contributed by atoms with van der Waals surface area (Å²) >= 11 is 0. The van der Waals surface area contributed by atoms with Crippen molar-refractivity contribution in [3.05, 3.63) is 36.2 Å². The second-order valence-corrected chi connectivity index (χ2v) is 4.24. The van der Waals surface area contributed by atoms with Crippen LogP contribution in [-0.2, 0) is 11.3 Å². The minimum Gasteiger partial charge on any atom is -0.348 e. The molecule has 0 atom stereocenters. The predicted molar refractivity (Wildman–Crippen MR) is 69.9 cm³/mol. The maximum Gasteiger partial charge on any atom is 0.236 e. The minimum absolute atomic E-state index is 0.0451. The van der Waals surface area contributed by atoms with E-state index in [1.165, 1.54) is 0 Å². The van der Waals surface area contributed by atoms with Crippen LogP contribution in [0.4, 0.5) is 0 Å². The van der Waals surface area contributed by atoms with Crippen LogP contribution in [0.25, 0.3) is 11.0 Å². The van der Waals surface area contributed by atoms with E-state index in [2.05, 4.69) is 15.3 Å². The van der Waals surface area contributed by atoms with Crippen LogP contribution in [0.2, 0.25) is 0 Å². The van der Waals surface area contributed by atoms with Crippen molar-refractivity contribution in [2.24, 2.45) is 0 Å². The Kier molecular flexibility index (Phi) is 3.84. The highest BCUT2D eigenvalue weighted by Crippen LogP contribution is 2.07. The first-order chi connectivity index (χ1) is 8.66. The molecule has 0 radical (unpaired) electrons. The molecule has 0 bridgehead atoms. The number of amides is 1.